The van der Waals surface area contributed by atoms with Crippen molar-refractivity contribution in [1.29, 1.82) is 0 Å². The number of carbonyl (C=O) groups is 3. The van der Waals surface area contributed by atoms with Crippen LogP contribution in [-0.2, 0) is 28.6 Å². The summed E-state index contributed by atoms with van der Waals surface area (Å²) in [7, 11) is 0. The van der Waals surface area contributed by atoms with E-state index in [4.69, 9.17) is 14.2 Å². The molecule has 434 valence electrons. The van der Waals surface area contributed by atoms with E-state index in [2.05, 4.69) is 130 Å². The molecule has 0 bridgehead atoms. The van der Waals surface area contributed by atoms with E-state index in [1.807, 2.05) is 0 Å². The molecule has 0 aliphatic heterocycles. The SMILES string of the molecule is CC/C=C\C/C=C\C/C=C\C/C=C\C/C=C\CCCCCCCC(=O)OCC(COC(=O)CCCCCCC/C=C\C/C=C\CCCCCC)OC(=O)CCCCCCCCCCC/C=C\C/C=C\CCCCCCC. The maximum absolute atomic E-state index is 12.9. The summed E-state index contributed by atoms with van der Waals surface area (Å²) in [5.41, 5.74) is 0. The lowest BCUT2D eigenvalue weighted by Gasteiger charge is -2.18. The Bertz CT molecular complexity index is 1540. The van der Waals surface area contributed by atoms with Crippen LogP contribution < -0.4 is 0 Å². The minimum atomic E-state index is -0.798. The van der Waals surface area contributed by atoms with Crippen LogP contribution in [0.25, 0.3) is 0 Å². The number of carbonyl (C=O) groups excluding carboxylic acids is 3. The van der Waals surface area contributed by atoms with Crippen LogP contribution >= 0.6 is 0 Å². The normalized spacial score (nSPS) is 12.8. The fraction of sp³-hybridized carbons (Fsp3) is 0.700. The molecule has 0 saturated carbocycles. The molecule has 0 aromatic carbocycles. The summed E-state index contributed by atoms with van der Waals surface area (Å²) in [6.07, 6.45) is 86.5. The van der Waals surface area contributed by atoms with Crippen LogP contribution in [0.3, 0.4) is 0 Å². The molecule has 1 atom stereocenters. The van der Waals surface area contributed by atoms with Gasteiger partial charge in [0.1, 0.15) is 13.2 Å². The Morgan fingerprint density at radius 1 is 0.276 bits per heavy atom. The van der Waals surface area contributed by atoms with E-state index < -0.39 is 6.10 Å². The van der Waals surface area contributed by atoms with Crippen LogP contribution in [0.4, 0.5) is 0 Å². The summed E-state index contributed by atoms with van der Waals surface area (Å²) in [6.45, 7) is 6.49. The summed E-state index contributed by atoms with van der Waals surface area (Å²) >= 11 is 0. The van der Waals surface area contributed by atoms with Gasteiger partial charge in [0.15, 0.2) is 6.10 Å². The molecule has 76 heavy (non-hydrogen) atoms. The molecule has 0 amide bonds. The third-order valence-corrected chi connectivity index (χ3v) is 13.5. The van der Waals surface area contributed by atoms with E-state index in [9.17, 15) is 14.4 Å². The van der Waals surface area contributed by atoms with Crippen molar-refractivity contribution >= 4 is 17.9 Å². The maximum atomic E-state index is 12.9. The molecule has 6 heteroatoms. The van der Waals surface area contributed by atoms with E-state index in [1.54, 1.807) is 0 Å². The zero-order valence-corrected chi connectivity index (χ0v) is 49.7. The van der Waals surface area contributed by atoms with Crippen molar-refractivity contribution in [1.82, 2.24) is 0 Å². The summed E-state index contributed by atoms with van der Waals surface area (Å²) in [5, 5.41) is 0. The molecule has 0 saturated heterocycles. The molecule has 0 radical (unpaired) electrons. The Balaban J connectivity index is 4.45. The first-order valence-corrected chi connectivity index (χ1v) is 31.9. The van der Waals surface area contributed by atoms with Crippen molar-refractivity contribution in [3.05, 3.63) is 109 Å². The number of allylic oxidation sites excluding steroid dienone is 18. The van der Waals surface area contributed by atoms with Gasteiger partial charge in [-0.1, -0.05) is 259 Å². The maximum Gasteiger partial charge on any atom is 0.306 e. The van der Waals surface area contributed by atoms with Crippen LogP contribution in [-0.4, -0.2) is 37.2 Å². The molecule has 0 heterocycles. The lowest BCUT2D eigenvalue weighted by Crippen LogP contribution is -2.30. The molecular formula is C70H118O6. The van der Waals surface area contributed by atoms with Gasteiger partial charge in [-0.2, -0.15) is 0 Å². The lowest BCUT2D eigenvalue weighted by molar-refractivity contribution is -0.167. The fourth-order valence-electron chi connectivity index (χ4n) is 8.71. The molecule has 1 unspecified atom stereocenters. The van der Waals surface area contributed by atoms with Crippen molar-refractivity contribution in [3.63, 3.8) is 0 Å². The van der Waals surface area contributed by atoms with Gasteiger partial charge in [0.2, 0.25) is 0 Å². The molecule has 0 fully saturated rings. The van der Waals surface area contributed by atoms with Gasteiger partial charge in [-0.05, 0) is 128 Å². The number of rotatable bonds is 57. The zero-order chi connectivity index (χ0) is 55.0. The standard InChI is InChI=1S/C70H118O6/c1-4-7-10-13-16-19-22-25-28-31-33-35-37-39-42-45-48-51-54-57-60-63-69(72)75-66-67(65-74-68(71)62-59-56-53-50-47-44-41-30-27-24-21-18-15-12-9-6-3)76-70(73)64-61-58-55-52-49-46-43-40-38-36-34-32-29-26-23-20-17-14-11-8-5-2/h7,10,16,19,21,23-26,28,30,32-35,39,41-42,67H,4-6,8-9,11-15,17-18,20,22,27,29,31,36-38,40,43-66H2,1-3H3/b10-7-,19-16-,24-21-,26-23-,28-25-,34-32-,35-33-,41-30-,42-39-. The highest BCUT2D eigenvalue weighted by molar-refractivity contribution is 5.71. The largest absolute Gasteiger partial charge is 0.462 e. The van der Waals surface area contributed by atoms with Crippen LogP contribution in [0.2, 0.25) is 0 Å². The second-order valence-electron chi connectivity index (χ2n) is 20.9. The highest BCUT2D eigenvalue weighted by Gasteiger charge is 2.19. The van der Waals surface area contributed by atoms with Crippen LogP contribution in [0.5, 0.6) is 0 Å². The Morgan fingerprint density at radius 3 is 0.816 bits per heavy atom. The number of esters is 3. The van der Waals surface area contributed by atoms with Gasteiger partial charge in [-0.15, -0.1) is 0 Å². The van der Waals surface area contributed by atoms with Gasteiger partial charge in [0, 0.05) is 19.3 Å². The lowest BCUT2D eigenvalue weighted by atomic mass is 10.1. The van der Waals surface area contributed by atoms with E-state index in [-0.39, 0.29) is 31.1 Å². The van der Waals surface area contributed by atoms with E-state index in [1.165, 1.54) is 116 Å². The van der Waals surface area contributed by atoms with Gasteiger partial charge in [0.05, 0.1) is 0 Å². The van der Waals surface area contributed by atoms with Crippen molar-refractivity contribution in [2.75, 3.05) is 13.2 Å². The first kappa shape index (κ1) is 72.1. The van der Waals surface area contributed by atoms with Gasteiger partial charge < -0.3 is 14.2 Å². The van der Waals surface area contributed by atoms with E-state index in [0.717, 1.165) is 141 Å². The van der Waals surface area contributed by atoms with Crippen LogP contribution in [0.15, 0.2) is 109 Å². The number of ether oxygens (including phenoxy) is 3. The number of hydrogen-bond acceptors (Lipinski definition) is 6. The topological polar surface area (TPSA) is 78.9 Å². The second-order valence-corrected chi connectivity index (χ2v) is 20.9. The van der Waals surface area contributed by atoms with Crippen molar-refractivity contribution in [2.24, 2.45) is 0 Å². The average Bonchev–Trinajstić information content (AvgIpc) is 3.42. The smallest absolute Gasteiger partial charge is 0.306 e. The predicted octanol–water partition coefficient (Wildman–Crippen LogP) is 21.8. The first-order chi connectivity index (χ1) is 37.5. The molecule has 0 aromatic rings. The summed E-state index contributed by atoms with van der Waals surface area (Å²) in [5.74, 6) is -0.923. The highest BCUT2D eigenvalue weighted by Crippen LogP contribution is 2.15. The monoisotopic (exact) mass is 1050 g/mol. The minimum Gasteiger partial charge on any atom is -0.462 e. The molecule has 0 spiro atoms. The number of unbranched alkanes of at least 4 members (excludes halogenated alkanes) is 28. The summed E-state index contributed by atoms with van der Waals surface area (Å²) < 4.78 is 16.9. The molecule has 0 N–H and O–H groups in total. The average molecular weight is 1060 g/mol. The fourth-order valence-corrected chi connectivity index (χ4v) is 8.71. The highest BCUT2D eigenvalue weighted by atomic mass is 16.6. The van der Waals surface area contributed by atoms with Crippen LogP contribution in [0, 0.1) is 0 Å². The Labute approximate surface area is 470 Å². The van der Waals surface area contributed by atoms with Gasteiger partial charge in [-0.3, -0.25) is 14.4 Å². The Morgan fingerprint density at radius 2 is 0.513 bits per heavy atom. The first-order valence-electron chi connectivity index (χ1n) is 31.9. The minimum absolute atomic E-state index is 0.0942. The third kappa shape index (κ3) is 60.9. The molecule has 0 aromatic heterocycles. The second kappa shape index (κ2) is 63.6. The van der Waals surface area contributed by atoms with E-state index >= 15 is 0 Å². The number of hydrogen-bond donors (Lipinski definition) is 0. The van der Waals surface area contributed by atoms with Crippen molar-refractivity contribution in [2.45, 2.75) is 303 Å². The molecule has 0 aliphatic carbocycles. The van der Waals surface area contributed by atoms with Gasteiger partial charge >= 0.3 is 17.9 Å². The van der Waals surface area contributed by atoms with Crippen LogP contribution in [0.1, 0.15) is 297 Å². The van der Waals surface area contributed by atoms with Crippen molar-refractivity contribution < 1.29 is 28.6 Å². The van der Waals surface area contributed by atoms with Gasteiger partial charge in [-0.25, -0.2) is 0 Å². The molecule has 0 aliphatic rings. The summed E-state index contributed by atoms with van der Waals surface area (Å²) in [6, 6.07) is 0. The Kier molecular flexibility index (Phi) is 60.3. The summed E-state index contributed by atoms with van der Waals surface area (Å²) in [4.78, 5) is 38.3. The predicted molar refractivity (Wildman–Crippen MR) is 330 cm³/mol. The quantitative estimate of drug-likeness (QED) is 0.0261. The van der Waals surface area contributed by atoms with Crippen molar-refractivity contribution in [3.8, 4) is 0 Å². The van der Waals surface area contributed by atoms with E-state index in [0.29, 0.717) is 19.3 Å². The molecule has 0 rings (SSSR count). The Hall–Kier alpha value is -3.93. The molecular weight excluding hydrogens is 937 g/mol. The zero-order valence-electron chi connectivity index (χ0n) is 49.7. The molecule has 6 nitrogen and oxygen atoms in total. The van der Waals surface area contributed by atoms with Gasteiger partial charge in [0.25, 0.3) is 0 Å². The third-order valence-electron chi connectivity index (χ3n) is 13.5.